The van der Waals surface area contributed by atoms with Crippen LogP contribution in [0.15, 0.2) is 0 Å². The van der Waals surface area contributed by atoms with Gasteiger partial charge < -0.3 is 10.2 Å². The predicted octanol–water partition coefficient (Wildman–Crippen LogP) is 1.87. The maximum absolute atomic E-state index is 11.2. The molecule has 0 amide bonds. The Morgan fingerprint density at radius 3 is 2.47 bits per heavy atom. The van der Waals surface area contributed by atoms with Crippen LogP contribution in [0.1, 0.15) is 33.1 Å². The Hall–Kier alpha value is -0.280. The van der Waals surface area contributed by atoms with E-state index in [2.05, 4.69) is 0 Å². The van der Waals surface area contributed by atoms with Crippen molar-refractivity contribution in [2.45, 2.75) is 44.1 Å². The van der Waals surface area contributed by atoms with Gasteiger partial charge in [-0.1, -0.05) is 0 Å². The Balaban J connectivity index is 2.38. The molecule has 0 aliphatic heterocycles. The van der Waals surface area contributed by atoms with E-state index in [-0.39, 0.29) is 5.92 Å². The fraction of sp³-hybridized carbons (Fsp3) is 0.909. The highest BCUT2D eigenvalue weighted by molar-refractivity contribution is 6.22. The molecule has 2 rings (SSSR count). The molecule has 2 aliphatic rings. The average molecular weight is 233 g/mol. The van der Waals surface area contributed by atoms with E-state index in [4.69, 9.17) is 11.6 Å². The molecule has 0 unspecified atom stereocenters. The van der Waals surface area contributed by atoms with E-state index in [0.717, 1.165) is 19.3 Å². The Morgan fingerprint density at radius 1 is 1.47 bits per heavy atom. The lowest BCUT2D eigenvalue weighted by molar-refractivity contribution is -0.171. The number of carboxylic acids is 1. The summed E-state index contributed by atoms with van der Waals surface area (Å²) in [5.41, 5.74) is -2.41. The van der Waals surface area contributed by atoms with E-state index in [1.165, 1.54) is 0 Å². The molecule has 2 fully saturated rings. The summed E-state index contributed by atoms with van der Waals surface area (Å²) >= 11 is 6.23. The van der Waals surface area contributed by atoms with Gasteiger partial charge in [-0.15, -0.1) is 11.6 Å². The molecule has 0 radical (unpaired) electrons. The minimum Gasteiger partial charge on any atom is -0.481 e. The van der Waals surface area contributed by atoms with E-state index < -0.39 is 22.4 Å². The SMILES string of the molecule is CC(C)(C(=O)O)[C@@]1(O)[C@H]2CC[C@H](C2)[C@H]1Cl. The first-order chi connectivity index (χ1) is 6.81. The highest BCUT2D eigenvalue weighted by atomic mass is 35.5. The standard InChI is InChI=1S/C11H17ClO3/c1-10(2,9(13)14)11(15)7-4-3-6(5-7)8(11)12/h6-8,15H,3-5H2,1-2H3,(H,13,14)/t6-,7+,8-,11-/m1/s1. The van der Waals surface area contributed by atoms with E-state index in [1.807, 2.05) is 0 Å². The molecule has 3 nitrogen and oxygen atoms in total. The minimum atomic E-state index is -1.25. The normalized spacial score (nSPS) is 44.7. The topological polar surface area (TPSA) is 57.5 Å². The van der Waals surface area contributed by atoms with Crippen LogP contribution in [0.4, 0.5) is 0 Å². The van der Waals surface area contributed by atoms with Gasteiger partial charge in [-0.3, -0.25) is 4.79 Å². The van der Waals surface area contributed by atoms with Crippen molar-refractivity contribution in [3.63, 3.8) is 0 Å². The highest BCUT2D eigenvalue weighted by Gasteiger charge is 2.65. The van der Waals surface area contributed by atoms with E-state index in [9.17, 15) is 15.0 Å². The molecule has 0 saturated heterocycles. The maximum Gasteiger partial charge on any atom is 0.312 e. The van der Waals surface area contributed by atoms with Crippen molar-refractivity contribution in [3.05, 3.63) is 0 Å². The molecule has 15 heavy (non-hydrogen) atoms. The molecule has 0 aromatic rings. The van der Waals surface area contributed by atoms with Crippen LogP contribution in [0.5, 0.6) is 0 Å². The Bertz CT molecular complexity index is 298. The molecular formula is C11H17ClO3. The number of fused-ring (bicyclic) bond motifs is 2. The van der Waals surface area contributed by atoms with Crippen LogP contribution in [0.25, 0.3) is 0 Å². The predicted molar refractivity (Wildman–Crippen MR) is 56.8 cm³/mol. The Labute approximate surface area is 94.4 Å². The number of carboxylic acid groups (broad SMARTS) is 1. The van der Waals surface area contributed by atoms with Gasteiger partial charge in [0.1, 0.15) is 0 Å². The zero-order valence-corrected chi connectivity index (χ0v) is 9.79. The third kappa shape index (κ3) is 1.19. The molecule has 2 saturated carbocycles. The molecule has 0 heterocycles. The first kappa shape index (κ1) is 11.2. The van der Waals surface area contributed by atoms with Crippen LogP contribution in [-0.4, -0.2) is 27.2 Å². The van der Waals surface area contributed by atoms with Crippen LogP contribution < -0.4 is 0 Å². The number of hydrogen-bond acceptors (Lipinski definition) is 2. The summed E-state index contributed by atoms with van der Waals surface area (Å²) in [6.07, 6.45) is 2.80. The van der Waals surface area contributed by atoms with E-state index in [1.54, 1.807) is 13.8 Å². The quantitative estimate of drug-likeness (QED) is 0.715. The maximum atomic E-state index is 11.2. The summed E-state index contributed by atoms with van der Waals surface area (Å²) in [4.78, 5) is 11.2. The van der Waals surface area contributed by atoms with Gasteiger partial charge in [-0.25, -0.2) is 0 Å². The molecule has 2 aliphatic carbocycles. The monoisotopic (exact) mass is 232 g/mol. The fourth-order valence-electron chi connectivity index (χ4n) is 3.29. The van der Waals surface area contributed by atoms with Gasteiger partial charge in [0.05, 0.1) is 16.4 Å². The summed E-state index contributed by atoms with van der Waals surface area (Å²) in [5, 5.41) is 19.4. The smallest absolute Gasteiger partial charge is 0.312 e. The second-order valence-corrected chi connectivity index (χ2v) is 5.90. The lowest BCUT2D eigenvalue weighted by atomic mass is 9.66. The summed E-state index contributed by atoms with van der Waals surface area (Å²) in [6, 6.07) is 0. The lowest BCUT2D eigenvalue weighted by Gasteiger charge is -2.45. The van der Waals surface area contributed by atoms with Crippen molar-refractivity contribution in [3.8, 4) is 0 Å². The molecular weight excluding hydrogens is 216 g/mol. The van der Waals surface area contributed by atoms with E-state index >= 15 is 0 Å². The van der Waals surface area contributed by atoms with Gasteiger partial charge in [0.15, 0.2) is 0 Å². The van der Waals surface area contributed by atoms with E-state index in [0.29, 0.717) is 5.92 Å². The molecule has 0 aromatic heterocycles. The summed E-state index contributed by atoms with van der Waals surface area (Å²) in [7, 11) is 0. The average Bonchev–Trinajstić information content (AvgIpc) is 2.70. The minimum absolute atomic E-state index is 0.0519. The number of aliphatic hydroxyl groups is 1. The van der Waals surface area contributed by atoms with Gasteiger partial charge >= 0.3 is 5.97 Å². The molecule has 86 valence electrons. The first-order valence-corrected chi connectivity index (χ1v) is 5.85. The molecule has 2 bridgehead atoms. The first-order valence-electron chi connectivity index (χ1n) is 5.41. The van der Waals surface area contributed by atoms with Crippen molar-refractivity contribution in [1.29, 1.82) is 0 Å². The number of alkyl halides is 1. The van der Waals surface area contributed by atoms with Crippen molar-refractivity contribution >= 4 is 17.6 Å². The van der Waals surface area contributed by atoms with Crippen LogP contribution in [0.2, 0.25) is 0 Å². The van der Waals surface area contributed by atoms with Crippen molar-refractivity contribution < 1.29 is 15.0 Å². The third-order valence-corrected chi connectivity index (χ3v) is 5.15. The highest BCUT2D eigenvalue weighted by Crippen LogP contribution is 2.59. The number of carbonyl (C=O) groups is 1. The third-order valence-electron chi connectivity index (χ3n) is 4.47. The van der Waals surface area contributed by atoms with Crippen molar-refractivity contribution in [2.75, 3.05) is 0 Å². The summed E-state index contributed by atoms with van der Waals surface area (Å²) in [5.74, 6) is -0.625. The number of rotatable bonds is 2. The largest absolute Gasteiger partial charge is 0.481 e. The Morgan fingerprint density at radius 2 is 2.07 bits per heavy atom. The van der Waals surface area contributed by atoms with Crippen molar-refractivity contribution in [1.82, 2.24) is 0 Å². The number of aliphatic carboxylic acids is 1. The van der Waals surface area contributed by atoms with Gasteiger partial charge in [0, 0.05) is 0 Å². The molecule has 4 atom stereocenters. The summed E-state index contributed by atoms with van der Waals surface area (Å²) in [6.45, 7) is 3.15. The number of hydrogen-bond donors (Lipinski definition) is 2. The van der Waals surface area contributed by atoms with Gasteiger partial charge in [-0.05, 0) is 44.9 Å². The van der Waals surface area contributed by atoms with Crippen LogP contribution in [0, 0.1) is 17.3 Å². The van der Waals surface area contributed by atoms with Crippen LogP contribution >= 0.6 is 11.6 Å². The molecule has 2 N–H and O–H groups in total. The van der Waals surface area contributed by atoms with Crippen LogP contribution in [0.3, 0.4) is 0 Å². The lowest BCUT2D eigenvalue weighted by Crippen LogP contribution is -2.58. The number of halogens is 1. The zero-order valence-electron chi connectivity index (χ0n) is 9.03. The molecule has 4 heteroatoms. The molecule has 0 aromatic carbocycles. The summed E-state index contributed by atoms with van der Waals surface area (Å²) < 4.78 is 0. The van der Waals surface area contributed by atoms with Gasteiger partial charge in [0.25, 0.3) is 0 Å². The van der Waals surface area contributed by atoms with Gasteiger partial charge in [-0.2, -0.15) is 0 Å². The van der Waals surface area contributed by atoms with Crippen LogP contribution in [-0.2, 0) is 4.79 Å². The Kier molecular flexibility index (Phi) is 2.32. The second kappa shape index (κ2) is 3.11. The second-order valence-electron chi connectivity index (χ2n) is 5.43. The van der Waals surface area contributed by atoms with Crippen molar-refractivity contribution in [2.24, 2.45) is 17.3 Å². The zero-order chi connectivity index (χ0) is 11.4. The van der Waals surface area contributed by atoms with Gasteiger partial charge in [0.2, 0.25) is 0 Å². The fourth-order valence-corrected chi connectivity index (χ4v) is 3.97. The molecule has 0 spiro atoms.